The predicted molar refractivity (Wildman–Crippen MR) is 98.5 cm³/mol. The average Bonchev–Trinajstić information content (AvgIpc) is 2.91. The van der Waals surface area contributed by atoms with Crippen LogP contribution in [0.25, 0.3) is 10.2 Å². The molecule has 0 spiro atoms. The number of allylic oxidation sites excluding steroid dienone is 1. The third-order valence-electron chi connectivity index (χ3n) is 3.78. The highest BCUT2D eigenvalue weighted by Crippen LogP contribution is 2.21. The summed E-state index contributed by atoms with van der Waals surface area (Å²) < 4.78 is 44.9. The number of hydrogen-bond acceptors (Lipinski definition) is 3. The minimum Gasteiger partial charge on any atom is -0.312 e. The molecule has 0 radical (unpaired) electrons. The molecule has 0 aliphatic heterocycles. The monoisotopic (exact) mass is 376 g/mol. The van der Waals surface area contributed by atoms with Crippen LogP contribution in [0.5, 0.6) is 0 Å². The summed E-state index contributed by atoms with van der Waals surface area (Å²) in [5, 5.41) is 0. The van der Waals surface area contributed by atoms with Gasteiger partial charge in [0.2, 0.25) is 4.80 Å². The fourth-order valence-electron chi connectivity index (χ4n) is 2.48. The van der Waals surface area contributed by atoms with Gasteiger partial charge >= 0.3 is 0 Å². The Morgan fingerprint density at radius 1 is 1.24 bits per heavy atom. The van der Waals surface area contributed by atoms with Crippen LogP contribution >= 0.6 is 11.3 Å². The molecule has 25 heavy (non-hydrogen) atoms. The second-order valence-corrected chi connectivity index (χ2v) is 8.07. The summed E-state index contributed by atoms with van der Waals surface area (Å²) in [6.07, 6.45) is 2.60. The van der Waals surface area contributed by atoms with E-state index < -0.39 is 15.8 Å². The Balaban J connectivity index is 2.22. The minimum absolute atomic E-state index is 0.0363. The van der Waals surface area contributed by atoms with Gasteiger partial charge in [-0.2, -0.15) is 8.42 Å². The first-order valence-electron chi connectivity index (χ1n) is 7.74. The Kier molecular flexibility index (Phi) is 4.87. The smallest absolute Gasteiger partial charge is 0.285 e. The van der Waals surface area contributed by atoms with Crippen molar-refractivity contribution in [3.05, 3.63) is 71.3 Å². The van der Waals surface area contributed by atoms with Crippen LogP contribution in [0.1, 0.15) is 12.5 Å². The number of sulfonamides is 1. The van der Waals surface area contributed by atoms with Gasteiger partial charge in [0.25, 0.3) is 10.0 Å². The van der Waals surface area contributed by atoms with E-state index in [1.807, 2.05) is 22.8 Å². The Morgan fingerprint density at radius 2 is 1.96 bits per heavy atom. The summed E-state index contributed by atoms with van der Waals surface area (Å²) in [7, 11) is -3.92. The zero-order valence-electron chi connectivity index (χ0n) is 13.6. The van der Waals surface area contributed by atoms with Crippen LogP contribution in [-0.2, 0) is 23.0 Å². The molecule has 0 fully saturated rings. The van der Waals surface area contributed by atoms with Crippen LogP contribution in [0.4, 0.5) is 4.39 Å². The fourth-order valence-corrected chi connectivity index (χ4v) is 4.78. The maximum absolute atomic E-state index is 13.0. The summed E-state index contributed by atoms with van der Waals surface area (Å²) in [6.45, 7) is 6.25. The molecule has 130 valence electrons. The molecule has 1 heterocycles. The van der Waals surface area contributed by atoms with Crippen LogP contribution in [0.3, 0.4) is 0 Å². The quantitative estimate of drug-likeness (QED) is 0.635. The molecule has 0 amide bonds. The van der Waals surface area contributed by atoms with Crippen molar-refractivity contribution in [3.8, 4) is 0 Å². The number of fused-ring (bicyclic) bond motifs is 1. The van der Waals surface area contributed by atoms with Crippen molar-refractivity contribution < 1.29 is 12.8 Å². The molecule has 0 atom stereocenters. The highest BCUT2D eigenvalue weighted by molar-refractivity contribution is 7.90. The van der Waals surface area contributed by atoms with Crippen molar-refractivity contribution in [1.29, 1.82) is 0 Å². The van der Waals surface area contributed by atoms with Gasteiger partial charge in [0.15, 0.2) is 0 Å². The van der Waals surface area contributed by atoms with Crippen LogP contribution in [0.15, 0.2) is 64.4 Å². The van der Waals surface area contributed by atoms with Gasteiger partial charge in [-0.1, -0.05) is 30.4 Å². The molecule has 0 aliphatic carbocycles. The Labute approximate surface area is 149 Å². The van der Waals surface area contributed by atoms with Gasteiger partial charge in [0.05, 0.1) is 15.1 Å². The highest BCUT2D eigenvalue weighted by Gasteiger charge is 2.15. The van der Waals surface area contributed by atoms with Crippen LogP contribution in [0.2, 0.25) is 0 Å². The molecule has 7 heteroatoms. The highest BCUT2D eigenvalue weighted by atomic mass is 32.2. The number of rotatable bonds is 5. The molecule has 3 aromatic rings. The number of aromatic nitrogens is 1. The molecule has 0 N–H and O–H groups in total. The lowest BCUT2D eigenvalue weighted by Crippen LogP contribution is -2.16. The number of benzene rings is 2. The van der Waals surface area contributed by atoms with Crippen LogP contribution in [0, 0.1) is 5.82 Å². The van der Waals surface area contributed by atoms with E-state index >= 15 is 0 Å². The summed E-state index contributed by atoms with van der Waals surface area (Å²) in [4.78, 5) is 0.332. The summed E-state index contributed by atoms with van der Waals surface area (Å²) >= 11 is 1.31. The van der Waals surface area contributed by atoms with Crippen LogP contribution in [-0.4, -0.2) is 13.0 Å². The molecule has 0 saturated heterocycles. The Hall–Kier alpha value is -2.25. The largest absolute Gasteiger partial charge is 0.312 e. The third-order valence-corrected chi connectivity index (χ3v) is 6.21. The van der Waals surface area contributed by atoms with Gasteiger partial charge in [-0.3, -0.25) is 0 Å². The fraction of sp³-hybridized carbons (Fsp3) is 0.167. The SMILES string of the molecule is C=CCn1c(=NS(=O)(=O)c2ccc(F)cc2)sc2cc(CC)ccc21. The first kappa shape index (κ1) is 17.6. The third kappa shape index (κ3) is 3.57. The molecule has 2 aromatic carbocycles. The summed E-state index contributed by atoms with van der Waals surface area (Å²) in [5.74, 6) is -0.491. The first-order valence-corrected chi connectivity index (χ1v) is 10.00. The second-order valence-electron chi connectivity index (χ2n) is 5.46. The van der Waals surface area contributed by atoms with Crippen molar-refractivity contribution in [3.63, 3.8) is 0 Å². The normalized spacial score (nSPS) is 12.6. The zero-order valence-corrected chi connectivity index (χ0v) is 15.3. The first-order chi connectivity index (χ1) is 11.9. The lowest BCUT2D eigenvalue weighted by molar-refractivity contribution is 0.594. The van der Waals surface area contributed by atoms with Gasteiger partial charge in [-0.05, 0) is 48.4 Å². The number of hydrogen-bond donors (Lipinski definition) is 0. The van der Waals surface area contributed by atoms with Crippen molar-refractivity contribution in [2.75, 3.05) is 0 Å². The van der Waals surface area contributed by atoms with Crippen molar-refractivity contribution in [2.45, 2.75) is 24.8 Å². The number of halogens is 1. The molecule has 0 saturated carbocycles. The number of thiazole rings is 1. The molecular formula is C18H17FN2O2S2. The van der Waals surface area contributed by atoms with E-state index in [0.717, 1.165) is 28.8 Å². The number of nitrogens with zero attached hydrogens (tertiary/aromatic N) is 2. The van der Waals surface area contributed by atoms with E-state index in [1.54, 1.807) is 6.08 Å². The van der Waals surface area contributed by atoms with E-state index in [-0.39, 0.29) is 4.90 Å². The predicted octanol–water partition coefficient (Wildman–Crippen LogP) is 3.88. The Morgan fingerprint density at radius 3 is 2.60 bits per heavy atom. The van der Waals surface area contributed by atoms with Crippen molar-refractivity contribution in [2.24, 2.45) is 4.40 Å². The van der Waals surface area contributed by atoms with Gasteiger partial charge in [-0.25, -0.2) is 4.39 Å². The van der Waals surface area contributed by atoms with E-state index in [1.165, 1.54) is 29.0 Å². The molecule has 4 nitrogen and oxygen atoms in total. The van der Waals surface area contributed by atoms with Crippen molar-refractivity contribution in [1.82, 2.24) is 4.57 Å². The van der Waals surface area contributed by atoms with E-state index in [4.69, 9.17) is 0 Å². The van der Waals surface area contributed by atoms with Gasteiger partial charge in [0, 0.05) is 6.54 Å². The average molecular weight is 376 g/mol. The maximum Gasteiger partial charge on any atom is 0.285 e. The van der Waals surface area contributed by atoms with Crippen LogP contribution < -0.4 is 4.80 Å². The van der Waals surface area contributed by atoms with E-state index in [9.17, 15) is 12.8 Å². The van der Waals surface area contributed by atoms with Gasteiger partial charge < -0.3 is 4.57 Å². The summed E-state index contributed by atoms with van der Waals surface area (Å²) in [5.41, 5.74) is 2.09. The zero-order chi connectivity index (χ0) is 18.0. The minimum atomic E-state index is -3.92. The van der Waals surface area contributed by atoms with Gasteiger partial charge in [-0.15, -0.1) is 11.0 Å². The Bertz CT molecular complexity index is 1090. The topological polar surface area (TPSA) is 51.4 Å². The molecule has 0 aliphatic rings. The molecule has 1 aromatic heterocycles. The molecule has 0 bridgehead atoms. The van der Waals surface area contributed by atoms with Gasteiger partial charge in [0.1, 0.15) is 5.82 Å². The second kappa shape index (κ2) is 6.93. The number of aryl methyl sites for hydroxylation is 1. The lowest BCUT2D eigenvalue weighted by atomic mass is 10.2. The molecular weight excluding hydrogens is 359 g/mol. The summed E-state index contributed by atoms with van der Waals surface area (Å²) in [6, 6.07) is 10.7. The van der Waals surface area contributed by atoms with E-state index in [2.05, 4.69) is 17.9 Å². The maximum atomic E-state index is 13.0. The molecule has 3 rings (SSSR count). The lowest BCUT2D eigenvalue weighted by Gasteiger charge is -2.02. The van der Waals surface area contributed by atoms with E-state index in [0.29, 0.717) is 11.3 Å². The molecule has 0 unspecified atom stereocenters. The standard InChI is InChI=1S/C18H17FN2O2S2/c1-3-11-21-16-10-5-13(4-2)12-17(16)24-18(21)20-25(22,23)15-8-6-14(19)7-9-15/h3,5-10,12H,1,4,11H2,2H3. The van der Waals surface area contributed by atoms with Crippen molar-refractivity contribution >= 4 is 31.6 Å².